The molecule has 1 aromatic carbocycles. The maximum Gasteiger partial charge on any atom is 0.0320 e. The molecule has 1 aromatic heterocycles. The molecule has 0 amide bonds. The molecule has 1 nitrogen and oxygen atoms in total. The van der Waals surface area contributed by atoms with Crippen molar-refractivity contribution < 1.29 is 0 Å². The van der Waals surface area contributed by atoms with E-state index in [2.05, 4.69) is 31.4 Å². The molecular formula is C12H13NS. The van der Waals surface area contributed by atoms with Crippen LogP contribution in [0, 0.1) is 13.8 Å². The van der Waals surface area contributed by atoms with E-state index in [4.69, 9.17) is 5.73 Å². The minimum Gasteiger partial charge on any atom is -0.399 e. The molecule has 0 bridgehead atoms. The summed E-state index contributed by atoms with van der Waals surface area (Å²) in [6.07, 6.45) is 0. The minimum absolute atomic E-state index is 0.828. The second kappa shape index (κ2) is 3.46. The number of hydrogen-bond donors (Lipinski definition) is 1. The highest BCUT2D eigenvalue weighted by atomic mass is 32.1. The van der Waals surface area contributed by atoms with Gasteiger partial charge in [-0.1, -0.05) is 6.07 Å². The van der Waals surface area contributed by atoms with Crippen LogP contribution in [0.3, 0.4) is 0 Å². The maximum atomic E-state index is 5.78. The SMILES string of the molecule is Cc1cc(-c2cc(N)ccc2C)cs1. The Kier molecular flexibility index (Phi) is 2.30. The van der Waals surface area contributed by atoms with Crippen molar-refractivity contribution in [2.75, 3.05) is 5.73 Å². The Hall–Kier alpha value is -1.28. The zero-order valence-corrected chi connectivity index (χ0v) is 9.19. The van der Waals surface area contributed by atoms with Crippen LogP contribution in [0.4, 0.5) is 5.69 Å². The second-order valence-electron chi connectivity index (χ2n) is 3.52. The van der Waals surface area contributed by atoms with Gasteiger partial charge in [0, 0.05) is 10.6 Å². The molecule has 14 heavy (non-hydrogen) atoms. The van der Waals surface area contributed by atoms with Crippen LogP contribution in [0.2, 0.25) is 0 Å². The fourth-order valence-corrected chi connectivity index (χ4v) is 2.24. The summed E-state index contributed by atoms with van der Waals surface area (Å²) in [5.41, 5.74) is 10.4. The van der Waals surface area contributed by atoms with Crippen molar-refractivity contribution >= 4 is 17.0 Å². The molecule has 1 heterocycles. The van der Waals surface area contributed by atoms with E-state index in [1.165, 1.54) is 21.6 Å². The van der Waals surface area contributed by atoms with E-state index in [0.717, 1.165) is 5.69 Å². The Balaban J connectivity index is 2.55. The van der Waals surface area contributed by atoms with Gasteiger partial charge in [-0.15, -0.1) is 11.3 Å². The van der Waals surface area contributed by atoms with Gasteiger partial charge in [0.15, 0.2) is 0 Å². The summed E-state index contributed by atoms with van der Waals surface area (Å²) in [5, 5.41) is 2.18. The van der Waals surface area contributed by atoms with Crippen molar-refractivity contribution in [3.05, 3.63) is 40.1 Å². The van der Waals surface area contributed by atoms with Crippen molar-refractivity contribution in [3.8, 4) is 11.1 Å². The van der Waals surface area contributed by atoms with Crippen LogP contribution < -0.4 is 5.73 Å². The van der Waals surface area contributed by atoms with E-state index >= 15 is 0 Å². The zero-order valence-electron chi connectivity index (χ0n) is 8.37. The summed E-state index contributed by atoms with van der Waals surface area (Å²) in [5.74, 6) is 0. The Labute approximate surface area is 88.2 Å². The van der Waals surface area contributed by atoms with Gasteiger partial charge in [0.25, 0.3) is 0 Å². The predicted molar refractivity (Wildman–Crippen MR) is 63.6 cm³/mol. The Bertz CT molecular complexity index is 457. The lowest BCUT2D eigenvalue weighted by Gasteiger charge is -2.04. The number of hydrogen-bond acceptors (Lipinski definition) is 2. The topological polar surface area (TPSA) is 26.0 Å². The summed E-state index contributed by atoms with van der Waals surface area (Å²) < 4.78 is 0. The van der Waals surface area contributed by atoms with Crippen LogP contribution in [0.1, 0.15) is 10.4 Å². The largest absolute Gasteiger partial charge is 0.399 e. The molecule has 0 aliphatic rings. The van der Waals surface area contributed by atoms with Crippen LogP contribution in [-0.2, 0) is 0 Å². The highest BCUT2D eigenvalue weighted by Gasteiger charge is 2.03. The van der Waals surface area contributed by atoms with Crippen molar-refractivity contribution in [2.24, 2.45) is 0 Å². The standard InChI is InChI=1S/C12H13NS/c1-8-3-4-11(13)6-12(8)10-5-9(2)14-7-10/h3-7H,13H2,1-2H3. The molecule has 0 spiro atoms. The quantitative estimate of drug-likeness (QED) is 0.704. The Morgan fingerprint density at radius 2 is 1.93 bits per heavy atom. The van der Waals surface area contributed by atoms with Crippen LogP contribution in [-0.4, -0.2) is 0 Å². The maximum absolute atomic E-state index is 5.78. The average Bonchev–Trinajstić information content (AvgIpc) is 2.56. The van der Waals surface area contributed by atoms with Gasteiger partial charge in [0.05, 0.1) is 0 Å². The number of nitrogen functional groups attached to an aromatic ring is 1. The average molecular weight is 203 g/mol. The predicted octanol–water partition coefficient (Wildman–Crippen LogP) is 3.61. The highest BCUT2D eigenvalue weighted by Crippen LogP contribution is 2.29. The molecule has 2 N–H and O–H groups in total. The van der Waals surface area contributed by atoms with E-state index in [-0.39, 0.29) is 0 Å². The molecule has 0 radical (unpaired) electrons. The van der Waals surface area contributed by atoms with Crippen LogP contribution in [0.25, 0.3) is 11.1 Å². The van der Waals surface area contributed by atoms with Gasteiger partial charge in [0.2, 0.25) is 0 Å². The van der Waals surface area contributed by atoms with Crippen molar-refractivity contribution in [1.82, 2.24) is 0 Å². The third-order valence-corrected chi connectivity index (χ3v) is 3.16. The number of rotatable bonds is 1. The Morgan fingerprint density at radius 3 is 2.57 bits per heavy atom. The van der Waals surface area contributed by atoms with Gasteiger partial charge in [-0.25, -0.2) is 0 Å². The molecule has 0 saturated carbocycles. The van der Waals surface area contributed by atoms with Crippen molar-refractivity contribution in [2.45, 2.75) is 13.8 Å². The molecule has 0 saturated heterocycles. The Morgan fingerprint density at radius 1 is 1.14 bits per heavy atom. The van der Waals surface area contributed by atoms with Crippen LogP contribution in [0.15, 0.2) is 29.6 Å². The third kappa shape index (κ3) is 1.66. The summed E-state index contributed by atoms with van der Waals surface area (Å²) >= 11 is 1.77. The third-order valence-electron chi connectivity index (χ3n) is 2.30. The monoisotopic (exact) mass is 203 g/mol. The summed E-state index contributed by atoms with van der Waals surface area (Å²) in [6, 6.07) is 8.25. The highest BCUT2D eigenvalue weighted by molar-refractivity contribution is 7.10. The van der Waals surface area contributed by atoms with Gasteiger partial charge < -0.3 is 5.73 Å². The molecule has 2 heteroatoms. The number of anilines is 1. The molecule has 0 aliphatic heterocycles. The first-order valence-corrected chi connectivity index (χ1v) is 5.46. The molecule has 2 aromatic rings. The molecule has 0 fully saturated rings. The summed E-state index contributed by atoms with van der Waals surface area (Å²) in [4.78, 5) is 1.34. The van der Waals surface area contributed by atoms with Crippen LogP contribution in [0.5, 0.6) is 0 Å². The molecule has 0 unspecified atom stereocenters. The first-order valence-electron chi connectivity index (χ1n) is 4.58. The number of benzene rings is 1. The normalized spacial score (nSPS) is 10.4. The lowest BCUT2D eigenvalue weighted by atomic mass is 10.0. The number of thiophene rings is 1. The number of aryl methyl sites for hydroxylation is 2. The molecule has 2 rings (SSSR count). The molecule has 0 atom stereocenters. The van der Waals surface area contributed by atoms with Gasteiger partial charge >= 0.3 is 0 Å². The van der Waals surface area contributed by atoms with E-state index in [1.807, 2.05) is 12.1 Å². The first kappa shape index (κ1) is 9.28. The van der Waals surface area contributed by atoms with E-state index in [0.29, 0.717) is 0 Å². The molecule has 72 valence electrons. The lowest BCUT2D eigenvalue weighted by Crippen LogP contribution is -1.87. The minimum atomic E-state index is 0.828. The fraction of sp³-hybridized carbons (Fsp3) is 0.167. The lowest BCUT2D eigenvalue weighted by molar-refractivity contribution is 1.46. The summed E-state index contributed by atoms with van der Waals surface area (Å²) in [6.45, 7) is 4.23. The molecular weight excluding hydrogens is 190 g/mol. The van der Waals surface area contributed by atoms with E-state index in [9.17, 15) is 0 Å². The van der Waals surface area contributed by atoms with Gasteiger partial charge in [-0.2, -0.15) is 0 Å². The van der Waals surface area contributed by atoms with Gasteiger partial charge in [-0.3, -0.25) is 0 Å². The van der Waals surface area contributed by atoms with E-state index < -0.39 is 0 Å². The van der Waals surface area contributed by atoms with Crippen molar-refractivity contribution in [1.29, 1.82) is 0 Å². The van der Waals surface area contributed by atoms with E-state index in [1.54, 1.807) is 11.3 Å². The van der Waals surface area contributed by atoms with Gasteiger partial charge in [-0.05, 0) is 54.1 Å². The van der Waals surface area contributed by atoms with Crippen LogP contribution >= 0.6 is 11.3 Å². The second-order valence-corrected chi connectivity index (χ2v) is 4.64. The fourth-order valence-electron chi connectivity index (χ4n) is 1.54. The number of nitrogens with two attached hydrogens (primary N) is 1. The van der Waals surface area contributed by atoms with Gasteiger partial charge in [0.1, 0.15) is 0 Å². The first-order chi connectivity index (χ1) is 6.66. The summed E-state index contributed by atoms with van der Waals surface area (Å²) in [7, 11) is 0. The smallest absolute Gasteiger partial charge is 0.0320 e. The van der Waals surface area contributed by atoms with Crippen molar-refractivity contribution in [3.63, 3.8) is 0 Å². The zero-order chi connectivity index (χ0) is 10.1. The molecule has 0 aliphatic carbocycles.